The number of rotatable bonds is 6. The van der Waals surface area contributed by atoms with Gasteiger partial charge in [0.15, 0.2) is 6.10 Å². The Morgan fingerprint density at radius 2 is 2.04 bits per heavy atom. The average molecular weight is 349 g/mol. The van der Waals surface area contributed by atoms with Crippen LogP contribution in [0.5, 0.6) is 0 Å². The van der Waals surface area contributed by atoms with Crippen LogP contribution >= 0.6 is 0 Å². The van der Waals surface area contributed by atoms with Gasteiger partial charge in [-0.15, -0.1) is 12.3 Å². The van der Waals surface area contributed by atoms with E-state index in [9.17, 15) is 9.59 Å². The smallest absolute Gasteiger partial charge is 0.311 e. The van der Waals surface area contributed by atoms with Gasteiger partial charge in [0, 0.05) is 25.4 Å². The molecule has 26 heavy (non-hydrogen) atoms. The molecule has 2 atom stereocenters. The molecule has 1 aliphatic heterocycles. The summed E-state index contributed by atoms with van der Waals surface area (Å²) in [6, 6.07) is 10.9. The molecule has 6 nitrogen and oxygen atoms in total. The molecule has 0 spiro atoms. The quantitative estimate of drug-likeness (QED) is 0.590. The van der Waals surface area contributed by atoms with Crippen LogP contribution in [0.15, 0.2) is 48.8 Å². The number of carbonyl (C=O) groups is 2. The standard InChI is InChI=1S/C20H19N3O3/c1-2-7-18(17-9-4-6-11-22-17)26-20(25)15-12-19(24)23(13-15)14-16-8-3-5-10-21-16/h1,3-6,8-11,15,18H,7,12-14H2/t15-,18+/m0/s1. The third-order valence-electron chi connectivity index (χ3n) is 4.21. The Hall–Kier alpha value is -3.20. The first kappa shape index (κ1) is 17.6. The second kappa shape index (κ2) is 8.26. The predicted octanol–water partition coefficient (Wildman–Crippen LogP) is 2.13. The van der Waals surface area contributed by atoms with Gasteiger partial charge < -0.3 is 9.64 Å². The molecule has 0 unspecified atom stereocenters. The average Bonchev–Trinajstić information content (AvgIpc) is 3.03. The zero-order valence-electron chi connectivity index (χ0n) is 14.2. The Bertz CT molecular complexity index is 802. The molecule has 132 valence electrons. The molecule has 0 N–H and O–H groups in total. The second-order valence-electron chi connectivity index (χ2n) is 6.08. The number of pyridine rings is 2. The number of hydrogen-bond donors (Lipinski definition) is 0. The summed E-state index contributed by atoms with van der Waals surface area (Å²) in [6.45, 7) is 0.705. The highest BCUT2D eigenvalue weighted by Gasteiger charge is 2.36. The Morgan fingerprint density at radius 3 is 2.69 bits per heavy atom. The van der Waals surface area contributed by atoms with Gasteiger partial charge in [0.1, 0.15) is 0 Å². The van der Waals surface area contributed by atoms with E-state index in [1.54, 1.807) is 29.4 Å². The number of aromatic nitrogens is 2. The van der Waals surface area contributed by atoms with Crippen LogP contribution in [0, 0.1) is 18.3 Å². The molecule has 3 heterocycles. The lowest BCUT2D eigenvalue weighted by molar-refractivity contribution is -0.154. The fraction of sp³-hybridized carbons (Fsp3) is 0.300. The predicted molar refractivity (Wildman–Crippen MR) is 94.3 cm³/mol. The Kier molecular flexibility index (Phi) is 5.59. The van der Waals surface area contributed by atoms with Crippen LogP contribution in [0.2, 0.25) is 0 Å². The normalized spacial score (nSPS) is 17.6. The van der Waals surface area contributed by atoms with E-state index in [1.807, 2.05) is 24.3 Å². The van der Waals surface area contributed by atoms with Gasteiger partial charge in [0.2, 0.25) is 5.91 Å². The molecule has 2 aromatic rings. The molecule has 1 fully saturated rings. The van der Waals surface area contributed by atoms with Crippen LogP contribution in [0.1, 0.15) is 30.3 Å². The fourth-order valence-electron chi connectivity index (χ4n) is 2.89. The van der Waals surface area contributed by atoms with Gasteiger partial charge >= 0.3 is 5.97 Å². The van der Waals surface area contributed by atoms with Crippen molar-refractivity contribution in [2.24, 2.45) is 5.92 Å². The lowest BCUT2D eigenvalue weighted by Crippen LogP contribution is -2.27. The first-order chi connectivity index (χ1) is 12.7. The topological polar surface area (TPSA) is 72.4 Å². The molecule has 0 bridgehead atoms. The van der Waals surface area contributed by atoms with E-state index < -0.39 is 18.0 Å². The maximum absolute atomic E-state index is 12.5. The lowest BCUT2D eigenvalue weighted by Gasteiger charge is -2.18. The molecule has 1 amide bonds. The van der Waals surface area contributed by atoms with Gasteiger partial charge in [-0.3, -0.25) is 19.6 Å². The van der Waals surface area contributed by atoms with Crippen molar-refractivity contribution in [1.82, 2.24) is 14.9 Å². The monoisotopic (exact) mass is 349 g/mol. The SMILES string of the molecule is C#CC[C@@H](OC(=O)[C@H]1CC(=O)N(Cc2ccccn2)C1)c1ccccn1. The summed E-state index contributed by atoms with van der Waals surface area (Å²) >= 11 is 0. The molecule has 0 aliphatic carbocycles. The first-order valence-electron chi connectivity index (χ1n) is 8.40. The Labute approximate surface area is 152 Å². The number of carbonyl (C=O) groups excluding carboxylic acids is 2. The van der Waals surface area contributed by atoms with Crippen LogP contribution in [-0.2, 0) is 20.9 Å². The minimum absolute atomic E-state index is 0.0797. The number of terminal acetylenes is 1. The van der Waals surface area contributed by atoms with Gasteiger partial charge in [0.25, 0.3) is 0 Å². The van der Waals surface area contributed by atoms with Gasteiger partial charge in [-0.05, 0) is 24.3 Å². The number of esters is 1. The van der Waals surface area contributed by atoms with E-state index in [1.165, 1.54) is 0 Å². The zero-order valence-corrected chi connectivity index (χ0v) is 14.2. The third-order valence-corrected chi connectivity index (χ3v) is 4.21. The molecule has 0 aromatic carbocycles. The summed E-state index contributed by atoms with van der Waals surface area (Å²) in [5.74, 6) is 1.50. The van der Waals surface area contributed by atoms with Crippen molar-refractivity contribution in [2.45, 2.75) is 25.5 Å². The maximum atomic E-state index is 12.5. The van der Waals surface area contributed by atoms with Gasteiger partial charge in [-0.1, -0.05) is 12.1 Å². The summed E-state index contributed by atoms with van der Waals surface area (Å²) in [6.07, 6.45) is 8.46. The highest BCUT2D eigenvalue weighted by Crippen LogP contribution is 2.25. The Morgan fingerprint density at radius 1 is 1.27 bits per heavy atom. The molecule has 6 heteroatoms. The number of hydrogen-bond acceptors (Lipinski definition) is 5. The van der Waals surface area contributed by atoms with E-state index in [-0.39, 0.29) is 18.7 Å². The number of ether oxygens (including phenoxy) is 1. The Balaban J connectivity index is 1.63. The molecule has 3 rings (SSSR count). The summed E-state index contributed by atoms with van der Waals surface area (Å²) in [7, 11) is 0. The summed E-state index contributed by atoms with van der Waals surface area (Å²) in [5, 5.41) is 0. The third kappa shape index (κ3) is 4.25. The van der Waals surface area contributed by atoms with E-state index in [0.29, 0.717) is 18.8 Å². The van der Waals surface area contributed by atoms with Crippen molar-refractivity contribution in [2.75, 3.05) is 6.54 Å². The minimum Gasteiger partial charge on any atom is -0.455 e. The van der Waals surface area contributed by atoms with Gasteiger partial charge in [-0.25, -0.2) is 0 Å². The van der Waals surface area contributed by atoms with Crippen molar-refractivity contribution in [3.8, 4) is 12.3 Å². The maximum Gasteiger partial charge on any atom is 0.311 e. The van der Waals surface area contributed by atoms with E-state index in [4.69, 9.17) is 11.2 Å². The summed E-state index contributed by atoms with van der Waals surface area (Å²) in [4.78, 5) is 34.8. The molecule has 1 saturated heterocycles. The molecular weight excluding hydrogens is 330 g/mol. The zero-order chi connectivity index (χ0) is 18.4. The molecule has 0 radical (unpaired) electrons. The number of likely N-dealkylation sites (tertiary alicyclic amines) is 1. The van der Waals surface area contributed by atoms with Crippen molar-refractivity contribution >= 4 is 11.9 Å². The van der Waals surface area contributed by atoms with E-state index >= 15 is 0 Å². The van der Waals surface area contributed by atoms with Crippen LogP contribution < -0.4 is 0 Å². The number of amides is 1. The van der Waals surface area contributed by atoms with Crippen LogP contribution in [0.3, 0.4) is 0 Å². The molecule has 0 saturated carbocycles. The van der Waals surface area contributed by atoms with Gasteiger partial charge in [-0.2, -0.15) is 0 Å². The highest BCUT2D eigenvalue weighted by molar-refractivity contribution is 5.86. The summed E-state index contributed by atoms with van der Waals surface area (Å²) in [5.41, 5.74) is 1.39. The van der Waals surface area contributed by atoms with E-state index in [2.05, 4.69) is 15.9 Å². The van der Waals surface area contributed by atoms with Crippen LogP contribution in [-0.4, -0.2) is 33.3 Å². The minimum atomic E-state index is -0.603. The summed E-state index contributed by atoms with van der Waals surface area (Å²) < 4.78 is 5.57. The highest BCUT2D eigenvalue weighted by atomic mass is 16.5. The van der Waals surface area contributed by atoms with Crippen molar-refractivity contribution in [3.63, 3.8) is 0 Å². The molecule has 2 aromatic heterocycles. The fourth-order valence-corrected chi connectivity index (χ4v) is 2.89. The van der Waals surface area contributed by atoms with Crippen LogP contribution in [0.25, 0.3) is 0 Å². The van der Waals surface area contributed by atoms with E-state index in [0.717, 1.165) is 5.69 Å². The van der Waals surface area contributed by atoms with Crippen molar-refractivity contribution < 1.29 is 14.3 Å². The van der Waals surface area contributed by atoms with Gasteiger partial charge in [0.05, 0.1) is 30.3 Å². The van der Waals surface area contributed by atoms with Crippen LogP contribution in [0.4, 0.5) is 0 Å². The molecule has 1 aliphatic rings. The lowest BCUT2D eigenvalue weighted by atomic mass is 10.1. The number of nitrogens with zero attached hydrogens (tertiary/aromatic N) is 3. The second-order valence-corrected chi connectivity index (χ2v) is 6.08. The van der Waals surface area contributed by atoms with Crippen molar-refractivity contribution in [1.29, 1.82) is 0 Å². The first-order valence-corrected chi connectivity index (χ1v) is 8.40. The molecular formula is C20H19N3O3. The van der Waals surface area contributed by atoms with Crippen molar-refractivity contribution in [3.05, 3.63) is 60.2 Å². The largest absolute Gasteiger partial charge is 0.455 e.